The summed E-state index contributed by atoms with van der Waals surface area (Å²) in [5, 5.41) is 11.8. The van der Waals surface area contributed by atoms with Crippen LogP contribution in [0, 0.1) is 0 Å². The molecule has 0 aromatic heterocycles. The molecule has 0 heterocycles. The smallest absolute Gasteiger partial charge is 0.328 e. The molecule has 0 saturated heterocycles. The maximum atomic E-state index is 12.7. The van der Waals surface area contributed by atoms with Crippen LogP contribution >= 0.6 is 0 Å². The summed E-state index contributed by atoms with van der Waals surface area (Å²) >= 11 is 0. The van der Waals surface area contributed by atoms with E-state index in [0.29, 0.717) is 0 Å². The average molecular weight is 291 g/mol. The minimum Gasteiger partial charge on any atom is -0.480 e. The van der Waals surface area contributed by atoms with Crippen LogP contribution in [0.1, 0.15) is 31.2 Å². The van der Waals surface area contributed by atoms with Gasteiger partial charge >= 0.3 is 5.97 Å². The van der Waals surface area contributed by atoms with Crippen LogP contribution in [0.2, 0.25) is 0 Å². The standard InChI is InChI=1S/C16H21NO4/c1-21-11-13(14(18)19)17-15(20)16(9-5-6-10-16)12-7-3-2-4-8-12/h2-4,7-8,13H,5-6,9-11H2,1H3,(H,17,20)(H,18,19). The first-order valence-corrected chi connectivity index (χ1v) is 7.18. The molecule has 1 aliphatic rings. The highest BCUT2D eigenvalue weighted by Crippen LogP contribution is 2.41. The first-order valence-electron chi connectivity index (χ1n) is 7.18. The predicted molar refractivity (Wildman–Crippen MR) is 78.0 cm³/mol. The van der Waals surface area contributed by atoms with Crippen molar-refractivity contribution < 1.29 is 19.4 Å². The molecular weight excluding hydrogens is 270 g/mol. The summed E-state index contributed by atoms with van der Waals surface area (Å²) in [4.78, 5) is 23.9. The molecule has 0 radical (unpaired) electrons. The van der Waals surface area contributed by atoms with Gasteiger partial charge in [-0.1, -0.05) is 43.2 Å². The van der Waals surface area contributed by atoms with Crippen LogP contribution in [-0.2, 0) is 19.7 Å². The van der Waals surface area contributed by atoms with Crippen LogP contribution in [0.4, 0.5) is 0 Å². The largest absolute Gasteiger partial charge is 0.480 e. The zero-order valence-corrected chi connectivity index (χ0v) is 12.2. The maximum Gasteiger partial charge on any atom is 0.328 e. The predicted octanol–water partition coefficient (Wildman–Crippen LogP) is 1.71. The van der Waals surface area contributed by atoms with Crippen LogP contribution in [0.15, 0.2) is 30.3 Å². The first kappa shape index (κ1) is 15.5. The van der Waals surface area contributed by atoms with E-state index in [9.17, 15) is 9.59 Å². The second-order valence-corrected chi connectivity index (χ2v) is 5.47. The van der Waals surface area contributed by atoms with Crippen LogP contribution in [-0.4, -0.2) is 36.7 Å². The van der Waals surface area contributed by atoms with E-state index in [1.807, 2.05) is 30.3 Å². The number of hydrogen-bond donors (Lipinski definition) is 2. The zero-order chi connectivity index (χ0) is 15.3. The van der Waals surface area contributed by atoms with Crippen LogP contribution in [0.25, 0.3) is 0 Å². The third-order valence-corrected chi connectivity index (χ3v) is 4.15. The summed E-state index contributed by atoms with van der Waals surface area (Å²) < 4.78 is 4.87. The van der Waals surface area contributed by atoms with Gasteiger partial charge in [-0.25, -0.2) is 4.79 Å². The quantitative estimate of drug-likeness (QED) is 0.836. The molecule has 5 heteroatoms. The van der Waals surface area contributed by atoms with Gasteiger partial charge in [0.05, 0.1) is 12.0 Å². The lowest BCUT2D eigenvalue weighted by Gasteiger charge is -2.29. The Balaban J connectivity index is 2.22. The van der Waals surface area contributed by atoms with E-state index in [1.54, 1.807) is 0 Å². The van der Waals surface area contributed by atoms with Crippen LogP contribution in [0.3, 0.4) is 0 Å². The highest BCUT2D eigenvalue weighted by molar-refractivity contribution is 5.91. The van der Waals surface area contributed by atoms with E-state index in [4.69, 9.17) is 9.84 Å². The Kier molecular flexibility index (Phi) is 4.96. The van der Waals surface area contributed by atoms with Gasteiger partial charge in [-0.3, -0.25) is 4.79 Å². The Morgan fingerprint density at radius 2 is 1.90 bits per heavy atom. The van der Waals surface area contributed by atoms with E-state index < -0.39 is 17.4 Å². The molecule has 2 N–H and O–H groups in total. The topological polar surface area (TPSA) is 75.6 Å². The number of amides is 1. The van der Waals surface area contributed by atoms with Gasteiger partial charge in [0.25, 0.3) is 0 Å². The third-order valence-electron chi connectivity index (χ3n) is 4.15. The Labute approximate surface area is 124 Å². The van der Waals surface area contributed by atoms with E-state index in [-0.39, 0.29) is 12.5 Å². The van der Waals surface area contributed by atoms with Crippen molar-refractivity contribution in [3.05, 3.63) is 35.9 Å². The Bertz CT molecular complexity index is 494. The van der Waals surface area contributed by atoms with Gasteiger partial charge < -0.3 is 15.2 Å². The summed E-state index contributed by atoms with van der Waals surface area (Å²) in [6.45, 7) is -0.0358. The number of carboxylic acid groups (broad SMARTS) is 1. The summed E-state index contributed by atoms with van der Waals surface area (Å²) in [5.41, 5.74) is 0.351. The Morgan fingerprint density at radius 3 is 2.43 bits per heavy atom. The third kappa shape index (κ3) is 3.24. The normalized spacial score (nSPS) is 18.1. The number of rotatable bonds is 6. The van der Waals surface area contributed by atoms with Gasteiger partial charge in [0, 0.05) is 7.11 Å². The lowest BCUT2D eigenvalue weighted by molar-refractivity contribution is -0.144. The Morgan fingerprint density at radius 1 is 1.29 bits per heavy atom. The molecular formula is C16H21NO4. The van der Waals surface area contributed by atoms with Crippen molar-refractivity contribution in [2.75, 3.05) is 13.7 Å². The van der Waals surface area contributed by atoms with Crippen molar-refractivity contribution in [3.63, 3.8) is 0 Å². The summed E-state index contributed by atoms with van der Waals surface area (Å²) in [5.74, 6) is -1.29. The molecule has 1 atom stereocenters. The van der Waals surface area contributed by atoms with E-state index in [0.717, 1.165) is 31.2 Å². The molecule has 2 rings (SSSR count). The molecule has 1 amide bonds. The van der Waals surface area contributed by atoms with E-state index in [1.165, 1.54) is 7.11 Å². The first-order chi connectivity index (χ1) is 10.1. The molecule has 1 aromatic rings. The zero-order valence-electron chi connectivity index (χ0n) is 12.2. The molecule has 1 aromatic carbocycles. The van der Waals surface area contributed by atoms with Crippen molar-refractivity contribution in [1.29, 1.82) is 0 Å². The van der Waals surface area contributed by atoms with Gasteiger partial charge in [-0.2, -0.15) is 0 Å². The van der Waals surface area contributed by atoms with Gasteiger partial charge in [-0.15, -0.1) is 0 Å². The number of aliphatic carboxylic acids is 1. The second kappa shape index (κ2) is 6.72. The van der Waals surface area contributed by atoms with Gasteiger partial charge in [0.2, 0.25) is 5.91 Å². The summed E-state index contributed by atoms with van der Waals surface area (Å²) in [7, 11) is 1.42. The number of carbonyl (C=O) groups excluding carboxylic acids is 1. The summed E-state index contributed by atoms with van der Waals surface area (Å²) in [6, 6.07) is 8.60. The van der Waals surface area contributed by atoms with Gasteiger partial charge in [-0.05, 0) is 18.4 Å². The van der Waals surface area contributed by atoms with Crippen molar-refractivity contribution in [2.24, 2.45) is 0 Å². The molecule has 0 spiro atoms. The minimum atomic E-state index is -1.08. The molecule has 0 aliphatic heterocycles. The lowest BCUT2D eigenvalue weighted by atomic mass is 9.78. The molecule has 1 unspecified atom stereocenters. The number of ether oxygens (including phenoxy) is 1. The fourth-order valence-electron chi connectivity index (χ4n) is 3.02. The van der Waals surface area contributed by atoms with Crippen LogP contribution < -0.4 is 5.32 Å². The van der Waals surface area contributed by atoms with Crippen molar-refractivity contribution in [3.8, 4) is 0 Å². The second-order valence-electron chi connectivity index (χ2n) is 5.47. The van der Waals surface area contributed by atoms with E-state index in [2.05, 4.69) is 5.32 Å². The van der Waals surface area contributed by atoms with E-state index >= 15 is 0 Å². The van der Waals surface area contributed by atoms with Crippen LogP contribution in [0.5, 0.6) is 0 Å². The molecule has 114 valence electrons. The number of hydrogen-bond acceptors (Lipinski definition) is 3. The molecule has 21 heavy (non-hydrogen) atoms. The number of carboxylic acids is 1. The highest BCUT2D eigenvalue weighted by Gasteiger charge is 2.43. The number of nitrogens with one attached hydrogen (secondary N) is 1. The highest BCUT2D eigenvalue weighted by atomic mass is 16.5. The summed E-state index contributed by atoms with van der Waals surface area (Å²) in [6.07, 6.45) is 3.46. The SMILES string of the molecule is COCC(NC(=O)C1(c2ccccc2)CCCC1)C(=O)O. The van der Waals surface area contributed by atoms with Gasteiger partial charge in [0.1, 0.15) is 0 Å². The fraction of sp³-hybridized carbons (Fsp3) is 0.500. The monoisotopic (exact) mass is 291 g/mol. The van der Waals surface area contributed by atoms with Crippen molar-refractivity contribution in [2.45, 2.75) is 37.1 Å². The van der Waals surface area contributed by atoms with Crippen molar-refractivity contribution >= 4 is 11.9 Å². The van der Waals surface area contributed by atoms with Crippen molar-refractivity contribution in [1.82, 2.24) is 5.32 Å². The number of methoxy groups -OCH3 is 1. The molecule has 0 bridgehead atoms. The number of carbonyl (C=O) groups is 2. The molecule has 1 aliphatic carbocycles. The average Bonchev–Trinajstić information content (AvgIpc) is 2.98. The number of benzene rings is 1. The Hall–Kier alpha value is -1.88. The minimum absolute atomic E-state index is 0.0358. The molecule has 5 nitrogen and oxygen atoms in total. The fourth-order valence-corrected chi connectivity index (χ4v) is 3.02. The molecule has 1 saturated carbocycles. The lowest BCUT2D eigenvalue weighted by Crippen LogP contribution is -2.51. The van der Waals surface area contributed by atoms with Gasteiger partial charge in [0.15, 0.2) is 6.04 Å². The molecule has 1 fully saturated rings. The maximum absolute atomic E-state index is 12.7.